The molecule has 25 heavy (non-hydrogen) atoms. The van der Waals surface area contributed by atoms with Crippen molar-refractivity contribution in [3.63, 3.8) is 0 Å². The lowest BCUT2D eigenvalue weighted by Gasteiger charge is -2.17. The van der Waals surface area contributed by atoms with Gasteiger partial charge in [-0.15, -0.1) is 0 Å². The molecule has 1 N–H and O–H groups in total. The molecule has 0 spiro atoms. The minimum absolute atomic E-state index is 0.123. The minimum Gasteiger partial charge on any atom is -0.489 e. The predicted molar refractivity (Wildman–Crippen MR) is 96.7 cm³/mol. The fourth-order valence-corrected chi connectivity index (χ4v) is 3.44. The van der Waals surface area contributed by atoms with E-state index >= 15 is 0 Å². The van der Waals surface area contributed by atoms with Crippen LogP contribution in [0, 0.1) is 11.7 Å². The first kappa shape index (κ1) is 17.5. The normalized spacial score (nSPS) is 16.4. The maximum absolute atomic E-state index is 14.6. The Bertz CT molecular complexity index is 707. The van der Waals surface area contributed by atoms with Gasteiger partial charge in [-0.1, -0.05) is 61.2 Å². The Kier molecular flexibility index (Phi) is 6.04. The van der Waals surface area contributed by atoms with E-state index in [1.165, 1.54) is 18.9 Å². The Labute approximate surface area is 148 Å². The number of oxime groups is 1. The predicted octanol–water partition coefficient (Wildman–Crippen LogP) is 5.55. The average Bonchev–Trinajstić information content (AvgIpc) is 2.92. The number of hydrogen-bond acceptors (Lipinski definition) is 3. The van der Waals surface area contributed by atoms with Crippen LogP contribution in [0.5, 0.6) is 5.75 Å². The van der Waals surface area contributed by atoms with Crippen molar-refractivity contribution >= 4 is 5.71 Å². The quantitative estimate of drug-likeness (QED) is 0.335. The number of rotatable bonds is 5. The molecule has 1 saturated carbocycles. The van der Waals surface area contributed by atoms with Gasteiger partial charge in [-0.2, -0.15) is 0 Å². The Morgan fingerprint density at radius 3 is 2.40 bits per heavy atom. The molecule has 1 aliphatic rings. The van der Waals surface area contributed by atoms with Gasteiger partial charge in [0.25, 0.3) is 0 Å². The van der Waals surface area contributed by atoms with Crippen molar-refractivity contribution in [3.05, 3.63) is 65.5 Å². The molecule has 2 aromatic carbocycles. The number of nitrogens with zero attached hydrogens (tertiary/aromatic N) is 1. The molecule has 0 unspecified atom stereocenters. The second-order valence-electron chi connectivity index (χ2n) is 6.59. The van der Waals surface area contributed by atoms with Gasteiger partial charge in [0.15, 0.2) is 0 Å². The highest BCUT2D eigenvalue weighted by Crippen LogP contribution is 2.28. The van der Waals surface area contributed by atoms with Crippen LogP contribution in [0.4, 0.5) is 4.39 Å². The molecule has 0 heterocycles. The molecule has 0 bridgehead atoms. The van der Waals surface area contributed by atoms with Gasteiger partial charge in [0.2, 0.25) is 0 Å². The minimum atomic E-state index is -0.400. The van der Waals surface area contributed by atoms with Gasteiger partial charge >= 0.3 is 0 Å². The SMILES string of the molecule is ON=C(c1ccc(OCc2ccccc2)cc1F)C1CCCCCC1. The summed E-state index contributed by atoms with van der Waals surface area (Å²) in [5.41, 5.74) is 1.87. The van der Waals surface area contributed by atoms with Crippen molar-refractivity contribution in [1.29, 1.82) is 0 Å². The maximum Gasteiger partial charge on any atom is 0.136 e. The molecule has 0 atom stereocenters. The second kappa shape index (κ2) is 8.65. The molecule has 0 amide bonds. The first-order valence-corrected chi connectivity index (χ1v) is 8.96. The van der Waals surface area contributed by atoms with Gasteiger partial charge in [-0.25, -0.2) is 4.39 Å². The third-order valence-electron chi connectivity index (χ3n) is 4.81. The van der Waals surface area contributed by atoms with Crippen molar-refractivity contribution in [2.45, 2.75) is 45.1 Å². The van der Waals surface area contributed by atoms with Crippen molar-refractivity contribution in [2.24, 2.45) is 11.1 Å². The summed E-state index contributed by atoms with van der Waals surface area (Å²) in [7, 11) is 0. The first-order chi connectivity index (χ1) is 12.3. The zero-order valence-electron chi connectivity index (χ0n) is 14.3. The summed E-state index contributed by atoms with van der Waals surface area (Å²) < 4.78 is 20.3. The molecule has 3 nitrogen and oxygen atoms in total. The lowest BCUT2D eigenvalue weighted by molar-refractivity contribution is 0.304. The molecule has 2 aromatic rings. The average molecular weight is 341 g/mol. The summed E-state index contributed by atoms with van der Waals surface area (Å²) >= 11 is 0. The molecule has 1 aliphatic carbocycles. The van der Waals surface area contributed by atoms with Crippen LogP contribution in [0.1, 0.15) is 49.7 Å². The lowest BCUT2D eigenvalue weighted by Crippen LogP contribution is -2.17. The largest absolute Gasteiger partial charge is 0.489 e. The topological polar surface area (TPSA) is 41.8 Å². The number of hydrogen-bond donors (Lipinski definition) is 1. The fraction of sp³-hybridized carbons (Fsp3) is 0.381. The van der Waals surface area contributed by atoms with Crippen LogP contribution in [0.2, 0.25) is 0 Å². The van der Waals surface area contributed by atoms with E-state index in [1.54, 1.807) is 12.1 Å². The van der Waals surface area contributed by atoms with E-state index in [2.05, 4.69) is 5.16 Å². The zero-order chi connectivity index (χ0) is 17.5. The standard InChI is InChI=1S/C21H24FNO2/c22-20-14-18(25-15-16-8-4-3-5-9-16)12-13-19(20)21(23-24)17-10-6-1-2-7-11-17/h3-5,8-9,12-14,17,24H,1-2,6-7,10-11,15H2. The third kappa shape index (κ3) is 4.59. The van der Waals surface area contributed by atoms with Crippen molar-refractivity contribution in [3.8, 4) is 5.75 Å². The molecule has 3 rings (SSSR count). The van der Waals surface area contributed by atoms with E-state index < -0.39 is 5.82 Å². The summed E-state index contributed by atoms with van der Waals surface area (Å²) in [6, 6.07) is 14.5. The monoisotopic (exact) mass is 341 g/mol. The van der Waals surface area contributed by atoms with Gasteiger partial charge in [0.1, 0.15) is 18.2 Å². The van der Waals surface area contributed by atoms with Crippen molar-refractivity contribution in [2.75, 3.05) is 0 Å². The summed E-state index contributed by atoms with van der Waals surface area (Å²) in [6.07, 6.45) is 6.50. The molecule has 1 fully saturated rings. The van der Waals surface area contributed by atoms with Crippen molar-refractivity contribution < 1.29 is 14.3 Å². The molecule has 0 saturated heterocycles. The third-order valence-corrected chi connectivity index (χ3v) is 4.81. The van der Waals surface area contributed by atoms with E-state index in [-0.39, 0.29) is 5.92 Å². The Morgan fingerprint density at radius 2 is 1.76 bits per heavy atom. The number of halogens is 1. The smallest absolute Gasteiger partial charge is 0.136 e. The van der Waals surface area contributed by atoms with E-state index in [0.717, 1.165) is 31.2 Å². The Hall–Kier alpha value is -2.36. The number of benzene rings is 2. The highest BCUT2D eigenvalue weighted by molar-refractivity contribution is 6.02. The summed E-state index contributed by atoms with van der Waals surface area (Å²) in [6.45, 7) is 0.392. The molecular formula is C21H24FNO2. The molecule has 0 aliphatic heterocycles. The van der Waals surface area contributed by atoms with E-state index in [0.29, 0.717) is 23.6 Å². The summed E-state index contributed by atoms with van der Waals surface area (Å²) in [5.74, 6) is 0.198. The van der Waals surface area contributed by atoms with E-state index in [1.807, 2.05) is 30.3 Å². The van der Waals surface area contributed by atoms with Crippen LogP contribution in [0.25, 0.3) is 0 Å². The van der Waals surface area contributed by atoms with Gasteiger partial charge in [-0.05, 0) is 30.5 Å². The second-order valence-corrected chi connectivity index (χ2v) is 6.59. The molecular weight excluding hydrogens is 317 g/mol. The van der Waals surface area contributed by atoms with Crippen LogP contribution < -0.4 is 4.74 Å². The van der Waals surface area contributed by atoms with E-state index in [9.17, 15) is 9.60 Å². The van der Waals surface area contributed by atoms with Crippen LogP contribution >= 0.6 is 0 Å². The zero-order valence-corrected chi connectivity index (χ0v) is 14.3. The Balaban J connectivity index is 1.72. The van der Waals surface area contributed by atoms with Crippen molar-refractivity contribution in [1.82, 2.24) is 0 Å². The van der Waals surface area contributed by atoms with E-state index in [4.69, 9.17) is 4.74 Å². The molecule has 132 valence electrons. The van der Waals surface area contributed by atoms with Gasteiger partial charge < -0.3 is 9.94 Å². The molecule has 4 heteroatoms. The molecule has 0 aromatic heterocycles. The fourth-order valence-electron chi connectivity index (χ4n) is 3.44. The first-order valence-electron chi connectivity index (χ1n) is 8.96. The Morgan fingerprint density at radius 1 is 1.04 bits per heavy atom. The lowest BCUT2D eigenvalue weighted by atomic mass is 9.90. The highest BCUT2D eigenvalue weighted by Gasteiger charge is 2.23. The van der Waals surface area contributed by atoms with Crippen LogP contribution in [-0.2, 0) is 6.61 Å². The number of ether oxygens (including phenoxy) is 1. The highest BCUT2D eigenvalue weighted by atomic mass is 19.1. The van der Waals surface area contributed by atoms with Gasteiger partial charge in [-0.3, -0.25) is 0 Å². The summed E-state index contributed by atoms with van der Waals surface area (Å²) in [4.78, 5) is 0. The van der Waals surface area contributed by atoms with Gasteiger partial charge in [0, 0.05) is 17.5 Å². The van der Waals surface area contributed by atoms with Gasteiger partial charge in [0.05, 0.1) is 5.71 Å². The van der Waals surface area contributed by atoms with Crippen LogP contribution in [0.3, 0.4) is 0 Å². The molecule has 0 radical (unpaired) electrons. The maximum atomic E-state index is 14.6. The van der Waals surface area contributed by atoms with Crippen LogP contribution in [-0.4, -0.2) is 10.9 Å². The van der Waals surface area contributed by atoms with Crippen LogP contribution in [0.15, 0.2) is 53.7 Å². The summed E-state index contributed by atoms with van der Waals surface area (Å²) in [5, 5.41) is 12.9.